The van der Waals surface area contributed by atoms with Crippen LogP contribution in [0.2, 0.25) is 10.0 Å². The number of likely N-dealkylation sites (N-methyl/N-ethyl adjacent to an activating group) is 1. The molecule has 0 bridgehead atoms. The molecule has 0 saturated carbocycles. The van der Waals surface area contributed by atoms with Gasteiger partial charge in [0.25, 0.3) is 0 Å². The molecule has 1 aliphatic rings. The van der Waals surface area contributed by atoms with Crippen LogP contribution in [0, 0.1) is 0 Å². The van der Waals surface area contributed by atoms with Gasteiger partial charge in [0.05, 0.1) is 31.8 Å². The number of anilines is 2. The highest BCUT2D eigenvalue weighted by molar-refractivity contribution is 6.35. The molecule has 0 radical (unpaired) electrons. The Morgan fingerprint density at radius 1 is 1.09 bits per heavy atom. The summed E-state index contributed by atoms with van der Waals surface area (Å²) in [7, 11) is 1.74. The van der Waals surface area contributed by atoms with E-state index in [-0.39, 0.29) is 24.4 Å². The van der Waals surface area contributed by atoms with Gasteiger partial charge >= 0.3 is 0 Å². The Labute approximate surface area is 205 Å². The van der Waals surface area contributed by atoms with Crippen LogP contribution >= 0.6 is 23.2 Å². The molecule has 2 aromatic carbocycles. The fraction of sp³-hybridized carbons (Fsp3) is 0.417. The predicted octanol–water partition coefficient (Wildman–Crippen LogP) is 3.97. The van der Waals surface area contributed by atoms with Crippen LogP contribution < -0.4 is 15.5 Å². The Morgan fingerprint density at radius 3 is 2.39 bits per heavy atom. The largest absolute Gasteiger partial charge is 0.378 e. The van der Waals surface area contributed by atoms with E-state index in [4.69, 9.17) is 27.9 Å². The number of carbonyl (C=O) groups is 2. The van der Waals surface area contributed by atoms with E-state index in [0.717, 1.165) is 37.6 Å². The Morgan fingerprint density at radius 2 is 1.76 bits per heavy atom. The lowest BCUT2D eigenvalue weighted by Gasteiger charge is -2.29. The molecule has 2 aromatic rings. The maximum Gasteiger partial charge on any atom is 0.238 e. The molecule has 33 heavy (non-hydrogen) atoms. The summed E-state index contributed by atoms with van der Waals surface area (Å²) < 4.78 is 5.38. The number of hydrogen-bond acceptors (Lipinski definition) is 5. The van der Waals surface area contributed by atoms with Crippen LogP contribution in [0.5, 0.6) is 0 Å². The number of carbonyl (C=O) groups excluding carboxylic acids is 2. The second-order valence-electron chi connectivity index (χ2n) is 8.18. The van der Waals surface area contributed by atoms with E-state index >= 15 is 0 Å². The van der Waals surface area contributed by atoms with Crippen molar-refractivity contribution in [2.24, 2.45) is 0 Å². The van der Waals surface area contributed by atoms with Crippen LogP contribution in [0.1, 0.15) is 25.5 Å². The summed E-state index contributed by atoms with van der Waals surface area (Å²) in [5, 5.41) is 6.87. The first-order chi connectivity index (χ1) is 15.7. The topological polar surface area (TPSA) is 73.9 Å². The van der Waals surface area contributed by atoms with Gasteiger partial charge in [0.1, 0.15) is 0 Å². The van der Waals surface area contributed by atoms with E-state index in [1.165, 1.54) is 0 Å². The van der Waals surface area contributed by atoms with E-state index in [1.807, 2.05) is 31.2 Å². The molecule has 9 heteroatoms. The summed E-state index contributed by atoms with van der Waals surface area (Å²) in [4.78, 5) is 29.2. The first kappa shape index (κ1) is 25.3. The van der Waals surface area contributed by atoms with Gasteiger partial charge in [-0.3, -0.25) is 14.5 Å². The van der Waals surface area contributed by atoms with Crippen molar-refractivity contribution in [3.8, 4) is 0 Å². The average Bonchev–Trinajstić information content (AvgIpc) is 2.79. The highest BCUT2D eigenvalue weighted by Gasteiger charge is 2.23. The molecule has 7 nitrogen and oxygen atoms in total. The Bertz CT molecular complexity index is 965. The minimum atomic E-state index is -0.507. The van der Waals surface area contributed by atoms with Crippen molar-refractivity contribution in [1.82, 2.24) is 10.2 Å². The van der Waals surface area contributed by atoms with Gasteiger partial charge in [-0.25, -0.2) is 0 Å². The smallest absolute Gasteiger partial charge is 0.238 e. The van der Waals surface area contributed by atoms with Crippen LogP contribution in [0.25, 0.3) is 0 Å². The third kappa shape index (κ3) is 7.08. The molecule has 2 atom stereocenters. The Hall–Kier alpha value is -2.32. The highest BCUT2D eigenvalue weighted by atomic mass is 35.5. The van der Waals surface area contributed by atoms with E-state index in [9.17, 15) is 9.59 Å². The lowest BCUT2D eigenvalue weighted by atomic mass is 10.1. The van der Waals surface area contributed by atoms with Gasteiger partial charge in [-0.2, -0.15) is 0 Å². The number of amides is 2. The van der Waals surface area contributed by atoms with Crippen LogP contribution in [-0.4, -0.2) is 62.7 Å². The van der Waals surface area contributed by atoms with Gasteiger partial charge in [-0.15, -0.1) is 0 Å². The van der Waals surface area contributed by atoms with Gasteiger partial charge in [0, 0.05) is 34.5 Å². The molecule has 2 N–H and O–H groups in total. The molecule has 0 aliphatic carbocycles. The van der Waals surface area contributed by atoms with E-state index < -0.39 is 6.04 Å². The van der Waals surface area contributed by atoms with Crippen molar-refractivity contribution in [2.45, 2.75) is 25.9 Å². The van der Waals surface area contributed by atoms with E-state index in [0.29, 0.717) is 15.7 Å². The van der Waals surface area contributed by atoms with Gasteiger partial charge in [-0.05, 0) is 62.9 Å². The molecule has 1 heterocycles. The number of rotatable bonds is 8. The summed E-state index contributed by atoms with van der Waals surface area (Å²) in [6.07, 6.45) is 0. The molecule has 2 unspecified atom stereocenters. The van der Waals surface area contributed by atoms with E-state index in [1.54, 1.807) is 37.1 Å². The summed E-state index contributed by atoms with van der Waals surface area (Å²) >= 11 is 12.2. The van der Waals surface area contributed by atoms with Crippen LogP contribution in [0.3, 0.4) is 0 Å². The number of nitrogens with zero attached hydrogens (tertiary/aromatic N) is 2. The molecule has 0 aromatic heterocycles. The highest BCUT2D eigenvalue weighted by Crippen LogP contribution is 2.26. The third-order valence-corrected chi connectivity index (χ3v) is 6.31. The molecule has 1 fully saturated rings. The number of halogens is 2. The maximum atomic E-state index is 12.7. The van der Waals surface area contributed by atoms with Crippen molar-refractivity contribution in [2.75, 3.05) is 50.1 Å². The minimum Gasteiger partial charge on any atom is -0.378 e. The van der Waals surface area contributed by atoms with Gasteiger partial charge in [0.2, 0.25) is 11.8 Å². The first-order valence-electron chi connectivity index (χ1n) is 10.9. The number of benzene rings is 2. The standard InChI is InChI=1S/C24H30Cl2N4O3/c1-16(21-9-4-18(25)14-22(21)26)27-24(32)17(2)29(3)15-23(31)28-19-5-7-20(8-6-19)30-10-12-33-13-11-30/h4-9,14,16-17H,10-13,15H2,1-3H3,(H,27,32)(H,28,31). The van der Waals surface area contributed by atoms with Crippen LogP contribution in [-0.2, 0) is 14.3 Å². The lowest BCUT2D eigenvalue weighted by Crippen LogP contribution is -2.46. The monoisotopic (exact) mass is 492 g/mol. The molecular weight excluding hydrogens is 463 g/mol. The quantitative estimate of drug-likeness (QED) is 0.583. The second-order valence-corrected chi connectivity index (χ2v) is 9.03. The van der Waals surface area contributed by atoms with E-state index in [2.05, 4.69) is 15.5 Å². The molecule has 178 valence electrons. The normalized spacial score (nSPS) is 15.8. The predicted molar refractivity (Wildman–Crippen MR) is 133 cm³/mol. The van der Waals surface area contributed by atoms with Crippen molar-refractivity contribution >= 4 is 46.4 Å². The van der Waals surface area contributed by atoms with Gasteiger partial charge in [-0.1, -0.05) is 29.3 Å². The molecular formula is C24H30Cl2N4O3. The summed E-state index contributed by atoms with van der Waals surface area (Å²) in [5.74, 6) is -0.385. The van der Waals surface area contributed by atoms with Crippen molar-refractivity contribution in [1.29, 1.82) is 0 Å². The number of morpholine rings is 1. The van der Waals surface area contributed by atoms with Gasteiger partial charge < -0.3 is 20.3 Å². The Balaban J connectivity index is 1.49. The zero-order chi connectivity index (χ0) is 24.0. The lowest BCUT2D eigenvalue weighted by molar-refractivity contribution is -0.127. The van der Waals surface area contributed by atoms with Crippen molar-refractivity contribution in [3.05, 3.63) is 58.1 Å². The zero-order valence-electron chi connectivity index (χ0n) is 19.1. The fourth-order valence-corrected chi connectivity index (χ4v) is 4.18. The third-order valence-electron chi connectivity index (χ3n) is 5.75. The summed E-state index contributed by atoms with van der Waals surface area (Å²) in [5.41, 5.74) is 2.60. The molecule has 1 aliphatic heterocycles. The van der Waals surface area contributed by atoms with Crippen molar-refractivity contribution in [3.63, 3.8) is 0 Å². The maximum absolute atomic E-state index is 12.7. The molecule has 2 amide bonds. The fourth-order valence-electron chi connectivity index (χ4n) is 3.61. The Kier molecular flexibility index (Phi) is 8.97. The average molecular weight is 493 g/mol. The van der Waals surface area contributed by atoms with Gasteiger partial charge in [0.15, 0.2) is 0 Å². The summed E-state index contributed by atoms with van der Waals surface area (Å²) in [6.45, 7) is 6.86. The second kappa shape index (κ2) is 11.7. The SMILES string of the molecule is CC(NC(=O)C(C)N(C)CC(=O)Nc1ccc(N2CCOCC2)cc1)c1ccc(Cl)cc1Cl. The van der Waals surface area contributed by atoms with Crippen LogP contribution in [0.15, 0.2) is 42.5 Å². The first-order valence-corrected chi connectivity index (χ1v) is 11.7. The molecule has 0 spiro atoms. The number of ether oxygens (including phenoxy) is 1. The molecule has 1 saturated heterocycles. The summed E-state index contributed by atoms with van der Waals surface area (Å²) in [6, 6.07) is 12.1. The van der Waals surface area contributed by atoms with Crippen LogP contribution in [0.4, 0.5) is 11.4 Å². The zero-order valence-corrected chi connectivity index (χ0v) is 20.6. The number of hydrogen-bond donors (Lipinski definition) is 2. The molecule has 3 rings (SSSR count). The number of nitrogens with one attached hydrogen (secondary N) is 2. The minimum absolute atomic E-state index is 0.0792. The van der Waals surface area contributed by atoms with Crippen molar-refractivity contribution < 1.29 is 14.3 Å².